The third-order valence-electron chi connectivity index (χ3n) is 3.12. The predicted octanol–water partition coefficient (Wildman–Crippen LogP) is 2.73. The number of nitrogens with zero attached hydrogens (tertiary/aromatic N) is 2. The van der Waals surface area contributed by atoms with Gasteiger partial charge < -0.3 is 0 Å². The Labute approximate surface area is 97.2 Å². The van der Waals surface area contributed by atoms with Gasteiger partial charge in [0.15, 0.2) is 0 Å². The van der Waals surface area contributed by atoms with Gasteiger partial charge in [0.05, 0.1) is 7.05 Å². The average molecular weight is 215 g/mol. The van der Waals surface area contributed by atoms with Crippen molar-refractivity contribution in [3.05, 3.63) is 48.0 Å². The van der Waals surface area contributed by atoms with E-state index in [-0.39, 0.29) is 0 Å². The summed E-state index contributed by atoms with van der Waals surface area (Å²) < 4.78 is 4.38. The molecule has 0 radical (unpaired) electrons. The molecule has 0 atom stereocenters. The molecular formula is C14H19N2+. The van der Waals surface area contributed by atoms with Crippen LogP contribution in [0.2, 0.25) is 0 Å². The lowest BCUT2D eigenvalue weighted by Gasteiger charge is -2.09. The molecule has 0 saturated carbocycles. The SMILES string of the molecule is Cc1n(-c2ccccc2C(C)C)cc[n+]1C. The largest absolute Gasteiger partial charge is 0.258 e. The van der Waals surface area contributed by atoms with Crippen molar-refractivity contribution in [3.63, 3.8) is 0 Å². The van der Waals surface area contributed by atoms with Crippen LogP contribution in [0.5, 0.6) is 0 Å². The van der Waals surface area contributed by atoms with Gasteiger partial charge in [0, 0.05) is 12.5 Å². The van der Waals surface area contributed by atoms with Gasteiger partial charge in [-0.2, -0.15) is 4.57 Å². The molecule has 2 nitrogen and oxygen atoms in total. The van der Waals surface area contributed by atoms with Crippen LogP contribution in [0.1, 0.15) is 31.2 Å². The van der Waals surface area contributed by atoms with Crippen molar-refractivity contribution in [2.24, 2.45) is 7.05 Å². The summed E-state index contributed by atoms with van der Waals surface area (Å²) >= 11 is 0. The summed E-state index contributed by atoms with van der Waals surface area (Å²) in [5, 5.41) is 0. The number of aromatic nitrogens is 2. The van der Waals surface area contributed by atoms with E-state index in [0.29, 0.717) is 5.92 Å². The molecule has 0 amide bonds. The van der Waals surface area contributed by atoms with E-state index in [0.717, 1.165) is 0 Å². The fourth-order valence-corrected chi connectivity index (χ4v) is 2.00. The minimum absolute atomic E-state index is 0.545. The van der Waals surface area contributed by atoms with Crippen molar-refractivity contribution in [1.29, 1.82) is 0 Å². The van der Waals surface area contributed by atoms with Gasteiger partial charge >= 0.3 is 0 Å². The normalized spacial score (nSPS) is 11.1. The van der Waals surface area contributed by atoms with Crippen LogP contribution in [0.25, 0.3) is 5.69 Å². The molecule has 84 valence electrons. The van der Waals surface area contributed by atoms with E-state index < -0.39 is 0 Å². The van der Waals surface area contributed by atoms with Gasteiger partial charge in [-0.3, -0.25) is 0 Å². The zero-order chi connectivity index (χ0) is 11.7. The molecule has 0 aliphatic carbocycles. The summed E-state index contributed by atoms with van der Waals surface area (Å²) in [7, 11) is 2.07. The zero-order valence-electron chi connectivity index (χ0n) is 10.4. The zero-order valence-corrected chi connectivity index (χ0v) is 10.4. The van der Waals surface area contributed by atoms with Crippen molar-refractivity contribution >= 4 is 0 Å². The van der Waals surface area contributed by atoms with Gasteiger partial charge in [0.1, 0.15) is 18.1 Å². The highest BCUT2D eigenvalue weighted by Crippen LogP contribution is 2.22. The quantitative estimate of drug-likeness (QED) is 0.681. The Morgan fingerprint density at radius 3 is 2.44 bits per heavy atom. The van der Waals surface area contributed by atoms with Crippen LogP contribution >= 0.6 is 0 Å². The summed E-state index contributed by atoms with van der Waals surface area (Å²) in [4.78, 5) is 0. The van der Waals surface area contributed by atoms with Gasteiger partial charge in [-0.25, -0.2) is 4.57 Å². The summed E-state index contributed by atoms with van der Waals surface area (Å²) in [6.45, 7) is 6.60. The van der Waals surface area contributed by atoms with Gasteiger partial charge in [-0.1, -0.05) is 32.0 Å². The fraction of sp³-hybridized carbons (Fsp3) is 0.357. The number of imidazole rings is 1. The second kappa shape index (κ2) is 4.12. The van der Waals surface area contributed by atoms with Crippen LogP contribution in [0.15, 0.2) is 36.7 Å². The molecule has 2 aromatic rings. The van der Waals surface area contributed by atoms with Crippen molar-refractivity contribution in [2.75, 3.05) is 0 Å². The molecule has 0 spiro atoms. The fourth-order valence-electron chi connectivity index (χ4n) is 2.00. The Morgan fingerprint density at radius 1 is 1.19 bits per heavy atom. The Balaban J connectivity index is 2.60. The van der Waals surface area contributed by atoms with Crippen LogP contribution in [0.3, 0.4) is 0 Å². The molecule has 0 fully saturated rings. The van der Waals surface area contributed by atoms with E-state index >= 15 is 0 Å². The highest BCUT2D eigenvalue weighted by atomic mass is 15.1. The Hall–Kier alpha value is -1.57. The first-order chi connectivity index (χ1) is 7.61. The molecule has 16 heavy (non-hydrogen) atoms. The van der Waals surface area contributed by atoms with Gasteiger partial charge in [0.25, 0.3) is 5.82 Å². The molecule has 1 aromatic heterocycles. The summed E-state index contributed by atoms with van der Waals surface area (Å²) in [5.74, 6) is 1.79. The van der Waals surface area contributed by atoms with Crippen LogP contribution < -0.4 is 4.57 Å². The van der Waals surface area contributed by atoms with E-state index in [4.69, 9.17) is 0 Å². The van der Waals surface area contributed by atoms with Gasteiger partial charge in [-0.05, 0) is 12.0 Å². The monoisotopic (exact) mass is 215 g/mol. The average Bonchev–Trinajstić information content (AvgIpc) is 2.60. The second-order valence-electron chi connectivity index (χ2n) is 4.54. The summed E-state index contributed by atoms with van der Waals surface area (Å²) in [5.41, 5.74) is 2.68. The Morgan fingerprint density at radius 2 is 1.88 bits per heavy atom. The van der Waals surface area contributed by atoms with Gasteiger partial charge in [-0.15, -0.1) is 0 Å². The molecule has 0 bridgehead atoms. The molecule has 1 aromatic carbocycles. The minimum Gasteiger partial charge on any atom is -0.237 e. The number of aryl methyl sites for hydroxylation is 1. The molecule has 0 saturated heterocycles. The van der Waals surface area contributed by atoms with Crippen molar-refractivity contribution in [1.82, 2.24) is 4.57 Å². The number of hydrogen-bond donors (Lipinski definition) is 0. The topological polar surface area (TPSA) is 8.81 Å². The lowest BCUT2D eigenvalue weighted by atomic mass is 10.0. The van der Waals surface area contributed by atoms with Crippen LogP contribution in [0, 0.1) is 6.92 Å². The Kier molecular flexibility index (Phi) is 2.82. The molecule has 0 aliphatic rings. The molecule has 0 aliphatic heterocycles. The lowest BCUT2D eigenvalue weighted by molar-refractivity contribution is -0.677. The van der Waals surface area contributed by atoms with Crippen LogP contribution in [-0.4, -0.2) is 4.57 Å². The third-order valence-corrected chi connectivity index (χ3v) is 3.12. The molecule has 0 N–H and O–H groups in total. The number of hydrogen-bond acceptors (Lipinski definition) is 0. The highest BCUT2D eigenvalue weighted by molar-refractivity contribution is 5.43. The maximum absolute atomic E-state index is 2.25. The first-order valence-electron chi connectivity index (χ1n) is 5.74. The van der Waals surface area contributed by atoms with Gasteiger partial charge in [0.2, 0.25) is 0 Å². The first-order valence-corrected chi connectivity index (χ1v) is 5.74. The van der Waals surface area contributed by atoms with Crippen molar-refractivity contribution < 1.29 is 4.57 Å². The molecular weight excluding hydrogens is 196 g/mol. The van der Waals surface area contributed by atoms with Crippen molar-refractivity contribution in [3.8, 4) is 5.69 Å². The van der Waals surface area contributed by atoms with E-state index in [9.17, 15) is 0 Å². The van der Waals surface area contributed by atoms with Crippen LogP contribution in [-0.2, 0) is 7.05 Å². The molecule has 0 unspecified atom stereocenters. The first kappa shape index (κ1) is 10.9. The van der Waals surface area contributed by atoms with E-state index in [1.807, 2.05) is 0 Å². The second-order valence-corrected chi connectivity index (χ2v) is 4.54. The maximum Gasteiger partial charge on any atom is 0.258 e. The number of para-hydroxylation sites is 1. The molecule has 2 heteroatoms. The standard InChI is InChI=1S/C14H19N2/c1-11(2)13-7-5-6-8-14(13)16-10-9-15(4)12(16)3/h5-11H,1-4H3/q+1. The highest BCUT2D eigenvalue weighted by Gasteiger charge is 2.16. The molecule has 1 heterocycles. The van der Waals surface area contributed by atoms with Crippen LogP contribution in [0.4, 0.5) is 0 Å². The Bertz CT molecular complexity index is 495. The summed E-state index contributed by atoms with van der Waals surface area (Å²) in [6, 6.07) is 8.60. The number of rotatable bonds is 2. The van der Waals surface area contributed by atoms with E-state index in [2.05, 4.69) is 73.6 Å². The smallest absolute Gasteiger partial charge is 0.237 e. The predicted molar refractivity (Wildman–Crippen MR) is 65.8 cm³/mol. The summed E-state index contributed by atoms with van der Waals surface area (Å²) in [6.07, 6.45) is 4.21. The lowest BCUT2D eigenvalue weighted by Crippen LogP contribution is -2.29. The third kappa shape index (κ3) is 1.75. The molecule has 2 rings (SSSR count). The number of benzene rings is 1. The van der Waals surface area contributed by atoms with E-state index in [1.165, 1.54) is 17.1 Å². The minimum atomic E-state index is 0.545. The van der Waals surface area contributed by atoms with Crippen molar-refractivity contribution in [2.45, 2.75) is 26.7 Å². The van der Waals surface area contributed by atoms with E-state index in [1.54, 1.807) is 0 Å². The maximum atomic E-state index is 2.25.